The van der Waals surface area contributed by atoms with Crippen molar-refractivity contribution < 1.29 is 14.2 Å². The van der Waals surface area contributed by atoms with Crippen LogP contribution in [-0.4, -0.2) is 38.8 Å². The molecule has 3 aromatic rings. The van der Waals surface area contributed by atoms with Crippen LogP contribution in [0.3, 0.4) is 0 Å². The number of rotatable bonds is 8. The Morgan fingerprint density at radius 1 is 1.00 bits per heavy atom. The summed E-state index contributed by atoms with van der Waals surface area (Å²) in [5.41, 5.74) is 4.13. The van der Waals surface area contributed by atoms with Gasteiger partial charge in [0.05, 0.1) is 33.2 Å². The molecular weight excluding hydrogens is 410 g/mol. The molecule has 1 aromatic heterocycles. The van der Waals surface area contributed by atoms with Gasteiger partial charge in [0.25, 0.3) is 0 Å². The number of benzene rings is 2. The van der Waals surface area contributed by atoms with Crippen LogP contribution in [0.1, 0.15) is 37.8 Å². The number of thiazole rings is 1. The Hall–Kier alpha value is -3.06. The topological polar surface area (TPSA) is 57.3 Å². The van der Waals surface area contributed by atoms with Gasteiger partial charge < -0.3 is 14.2 Å². The van der Waals surface area contributed by atoms with Crippen molar-refractivity contribution in [2.45, 2.75) is 26.7 Å². The lowest BCUT2D eigenvalue weighted by atomic mass is 10.0. The van der Waals surface area contributed by atoms with Gasteiger partial charge in [-0.1, -0.05) is 38.1 Å². The van der Waals surface area contributed by atoms with Gasteiger partial charge in [-0.05, 0) is 36.1 Å². The smallest absolute Gasteiger partial charge is 0.206 e. The average Bonchev–Trinajstić information content (AvgIpc) is 3.19. The fraction of sp³-hybridized carbons (Fsp3) is 0.333. The summed E-state index contributed by atoms with van der Waals surface area (Å²) in [7, 11) is 4.82. The van der Waals surface area contributed by atoms with E-state index in [9.17, 15) is 0 Å². The zero-order chi connectivity index (χ0) is 22.4. The van der Waals surface area contributed by atoms with E-state index in [1.54, 1.807) is 32.7 Å². The second-order valence-corrected chi connectivity index (χ2v) is 8.01. The van der Waals surface area contributed by atoms with Crippen LogP contribution in [0.15, 0.2) is 51.9 Å². The molecule has 2 aromatic carbocycles. The SMILES string of the molecule is CCN=c1scc(-c2cc(OC)c(OC)c(OC)c2)n1N=Cc1ccc(C(C)C)cc1. The number of aromatic nitrogens is 1. The fourth-order valence-corrected chi connectivity index (χ4v) is 4.08. The molecule has 31 heavy (non-hydrogen) atoms. The third-order valence-electron chi connectivity index (χ3n) is 4.86. The Kier molecular flexibility index (Phi) is 7.52. The van der Waals surface area contributed by atoms with E-state index in [1.807, 2.05) is 35.3 Å². The quantitative estimate of drug-likeness (QED) is 0.455. The van der Waals surface area contributed by atoms with E-state index in [0.717, 1.165) is 21.6 Å². The van der Waals surface area contributed by atoms with Crippen molar-refractivity contribution in [3.8, 4) is 28.5 Å². The number of hydrogen-bond donors (Lipinski definition) is 0. The van der Waals surface area contributed by atoms with Crippen molar-refractivity contribution >= 4 is 17.6 Å². The molecule has 164 valence electrons. The minimum absolute atomic E-state index is 0.499. The number of ether oxygens (including phenoxy) is 3. The molecule has 3 rings (SSSR count). The molecule has 0 bridgehead atoms. The molecule has 7 heteroatoms. The Morgan fingerprint density at radius 2 is 1.65 bits per heavy atom. The number of methoxy groups -OCH3 is 3. The second kappa shape index (κ2) is 10.3. The van der Waals surface area contributed by atoms with Crippen LogP contribution >= 0.6 is 11.3 Å². The second-order valence-electron chi connectivity index (χ2n) is 7.17. The Labute approximate surface area is 187 Å². The Balaban J connectivity index is 2.09. The summed E-state index contributed by atoms with van der Waals surface area (Å²) in [5, 5.41) is 6.79. The summed E-state index contributed by atoms with van der Waals surface area (Å²) in [5.74, 6) is 2.25. The lowest BCUT2D eigenvalue weighted by Crippen LogP contribution is -2.12. The van der Waals surface area contributed by atoms with Gasteiger partial charge in [-0.25, -0.2) is 4.68 Å². The van der Waals surface area contributed by atoms with Crippen LogP contribution in [0.2, 0.25) is 0 Å². The largest absolute Gasteiger partial charge is 0.493 e. The van der Waals surface area contributed by atoms with Gasteiger partial charge in [0.2, 0.25) is 10.6 Å². The lowest BCUT2D eigenvalue weighted by molar-refractivity contribution is 0.324. The van der Waals surface area contributed by atoms with E-state index in [1.165, 1.54) is 5.56 Å². The number of nitrogens with zero attached hydrogens (tertiary/aromatic N) is 3. The summed E-state index contributed by atoms with van der Waals surface area (Å²) < 4.78 is 18.3. The van der Waals surface area contributed by atoms with E-state index in [-0.39, 0.29) is 0 Å². The van der Waals surface area contributed by atoms with E-state index < -0.39 is 0 Å². The molecule has 0 N–H and O–H groups in total. The molecule has 0 aliphatic heterocycles. The van der Waals surface area contributed by atoms with Crippen molar-refractivity contribution in [2.24, 2.45) is 10.1 Å². The monoisotopic (exact) mass is 439 g/mol. The molecule has 0 aliphatic carbocycles. The van der Waals surface area contributed by atoms with Crippen LogP contribution in [-0.2, 0) is 0 Å². The van der Waals surface area contributed by atoms with Crippen LogP contribution in [0.4, 0.5) is 0 Å². The minimum atomic E-state index is 0.499. The molecule has 0 saturated heterocycles. The first-order valence-corrected chi connectivity index (χ1v) is 11.1. The molecule has 0 fully saturated rings. The lowest BCUT2D eigenvalue weighted by Gasteiger charge is -2.14. The number of hydrogen-bond acceptors (Lipinski definition) is 6. The maximum atomic E-state index is 5.52. The van der Waals surface area contributed by atoms with Gasteiger partial charge in [0.1, 0.15) is 0 Å². The van der Waals surface area contributed by atoms with Gasteiger partial charge in [-0.2, -0.15) is 5.10 Å². The van der Waals surface area contributed by atoms with E-state index in [0.29, 0.717) is 29.7 Å². The fourth-order valence-electron chi connectivity index (χ4n) is 3.17. The first-order chi connectivity index (χ1) is 15.0. The van der Waals surface area contributed by atoms with Gasteiger partial charge in [0, 0.05) is 17.5 Å². The maximum absolute atomic E-state index is 5.52. The normalized spacial score (nSPS) is 12.0. The van der Waals surface area contributed by atoms with Crippen LogP contribution in [0, 0.1) is 0 Å². The van der Waals surface area contributed by atoms with E-state index >= 15 is 0 Å². The van der Waals surface area contributed by atoms with Crippen LogP contribution in [0.25, 0.3) is 11.3 Å². The standard InChI is InChI=1S/C24H29N3O3S/c1-7-25-24-27(26-14-17-8-10-18(11-9-17)16(2)3)20(15-31-24)19-12-21(28-4)23(30-6)22(13-19)29-5/h8-16H,7H2,1-6H3. The average molecular weight is 440 g/mol. The molecule has 0 saturated carbocycles. The van der Waals surface area contributed by atoms with E-state index in [4.69, 9.17) is 19.3 Å². The molecular formula is C24H29N3O3S. The van der Waals surface area contributed by atoms with Gasteiger partial charge in [0.15, 0.2) is 11.5 Å². The van der Waals surface area contributed by atoms with Crippen molar-refractivity contribution in [2.75, 3.05) is 27.9 Å². The summed E-state index contributed by atoms with van der Waals surface area (Å²) in [4.78, 5) is 5.42. The summed E-state index contributed by atoms with van der Waals surface area (Å²) in [6.45, 7) is 7.06. The first-order valence-electron chi connectivity index (χ1n) is 10.2. The zero-order valence-corrected chi connectivity index (χ0v) is 19.7. The zero-order valence-electron chi connectivity index (χ0n) is 18.9. The Morgan fingerprint density at radius 3 is 2.16 bits per heavy atom. The van der Waals surface area contributed by atoms with Crippen molar-refractivity contribution in [1.29, 1.82) is 0 Å². The summed E-state index contributed by atoms with van der Waals surface area (Å²) in [6, 6.07) is 12.3. The van der Waals surface area contributed by atoms with Crippen LogP contribution < -0.4 is 19.0 Å². The molecule has 1 heterocycles. The Bertz CT molecular complexity index is 1090. The highest BCUT2D eigenvalue weighted by atomic mass is 32.1. The van der Waals surface area contributed by atoms with Gasteiger partial charge >= 0.3 is 0 Å². The van der Waals surface area contributed by atoms with Gasteiger partial charge in [-0.3, -0.25) is 4.99 Å². The van der Waals surface area contributed by atoms with Crippen molar-refractivity contribution in [3.63, 3.8) is 0 Å². The van der Waals surface area contributed by atoms with Crippen molar-refractivity contribution in [1.82, 2.24) is 4.68 Å². The minimum Gasteiger partial charge on any atom is -0.493 e. The molecule has 0 radical (unpaired) electrons. The molecule has 0 unspecified atom stereocenters. The van der Waals surface area contributed by atoms with Crippen molar-refractivity contribution in [3.05, 3.63) is 57.7 Å². The maximum Gasteiger partial charge on any atom is 0.206 e. The molecule has 0 atom stereocenters. The highest BCUT2D eigenvalue weighted by Crippen LogP contribution is 2.41. The highest BCUT2D eigenvalue weighted by molar-refractivity contribution is 7.07. The molecule has 6 nitrogen and oxygen atoms in total. The predicted molar refractivity (Wildman–Crippen MR) is 127 cm³/mol. The highest BCUT2D eigenvalue weighted by Gasteiger charge is 2.17. The predicted octanol–water partition coefficient (Wildman–Crippen LogP) is 5.17. The summed E-state index contributed by atoms with van der Waals surface area (Å²) in [6.07, 6.45) is 1.85. The van der Waals surface area contributed by atoms with Gasteiger partial charge in [-0.15, -0.1) is 11.3 Å². The van der Waals surface area contributed by atoms with Crippen LogP contribution in [0.5, 0.6) is 17.2 Å². The third-order valence-corrected chi connectivity index (χ3v) is 5.72. The molecule has 0 amide bonds. The third kappa shape index (κ3) is 4.99. The molecule has 0 aliphatic rings. The summed E-state index contributed by atoms with van der Waals surface area (Å²) >= 11 is 1.54. The first kappa shape index (κ1) is 22.6. The molecule has 0 spiro atoms. The van der Waals surface area contributed by atoms with E-state index in [2.05, 4.69) is 43.1 Å².